The van der Waals surface area contributed by atoms with E-state index in [0.717, 1.165) is 36.9 Å². The minimum atomic E-state index is -0.144. The summed E-state index contributed by atoms with van der Waals surface area (Å²) in [5.41, 5.74) is 2.49. The van der Waals surface area contributed by atoms with Crippen LogP contribution in [0.3, 0.4) is 0 Å². The highest BCUT2D eigenvalue weighted by Crippen LogP contribution is 2.30. The third-order valence-electron chi connectivity index (χ3n) is 5.43. The maximum absolute atomic E-state index is 13.0. The molecule has 6 heteroatoms. The molecule has 1 amide bonds. The van der Waals surface area contributed by atoms with Gasteiger partial charge in [0.25, 0.3) is 5.91 Å². The molecule has 2 unspecified atom stereocenters. The van der Waals surface area contributed by atoms with Gasteiger partial charge in [-0.05, 0) is 43.7 Å². The largest absolute Gasteiger partial charge is 0.396 e. The lowest BCUT2D eigenvalue weighted by atomic mass is 9.81. The molecule has 0 bridgehead atoms. The molecule has 2 aromatic rings. The lowest BCUT2D eigenvalue weighted by Crippen LogP contribution is -2.39. The van der Waals surface area contributed by atoms with Gasteiger partial charge in [-0.15, -0.1) is 0 Å². The maximum atomic E-state index is 13.0. The lowest BCUT2D eigenvalue weighted by Gasteiger charge is -2.30. The summed E-state index contributed by atoms with van der Waals surface area (Å²) >= 11 is 0. The molecule has 3 rings (SSSR count). The number of aliphatic hydroxyl groups excluding tert-OH is 1. The van der Waals surface area contributed by atoms with Gasteiger partial charge in [0.1, 0.15) is 11.4 Å². The number of aliphatic hydroxyl groups is 1. The van der Waals surface area contributed by atoms with Crippen LogP contribution in [-0.2, 0) is 0 Å². The molecule has 1 aliphatic rings. The molecule has 3 N–H and O–H groups in total. The number of para-hydroxylation sites is 1. The predicted octanol–water partition coefficient (Wildman–Crippen LogP) is 3.53. The predicted molar refractivity (Wildman–Crippen MR) is 112 cm³/mol. The van der Waals surface area contributed by atoms with Crippen molar-refractivity contribution in [3.63, 3.8) is 0 Å². The van der Waals surface area contributed by atoms with Crippen molar-refractivity contribution < 1.29 is 9.90 Å². The SMILES string of the molecule is C=C1CC(CC)CCC1NC(=O)c1cnn(-c2ccccc2)c1NCCCO. The highest BCUT2D eigenvalue weighted by molar-refractivity contribution is 5.99. The zero-order chi connectivity index (χ0) is 19.9. The highest BCUT2D eigenvalue weighted by atomic mass is 16.3. The normalized spacial score (nSPS) is 19.4. The molecule has 0 saturated heterocycles. The molecule has 1 heterocycles. The first-order valence-corrected chi connectivity index (χ1v) is 10.1. The molecule has 0 radical (unpaired) electrons. The van der Waals surface area contributed by atoms with Crippen LogP contribution < -0.4 is 10.6 Å². The fourth-order valence-electron chi connectivity index (χ4n) is 3.72. The van der Waals surface area contributed by atoms with Crippen LogP contribution in [-0.4, -0.2) is 40.0 Å². The highest BCUT2D eigenvalue weighted by Gasteiger charge is 2.26. The van der Waals surface area contributed by atoms with E-state index in [-0.39, 0.29) is 18.6 Å². The minimum Gasteiger partial charge on any atom is -0.396 e. The fraction of sp³-hybridized carbons (Fsp3) is 0.455. The van der Waals surface area contributed by atoms with Gasteiger partial charge in [0, 0.05) is 13.2 Å². The van der Waals surface area contributed by atoms with E-state index in [1.165, 1.54) is 0 Å². The number of nitrogens with one attached hydrogen (secondary N) is 2. The Hall–Kier alpha value is -2.60. The second-order valence-electron chi connectivity index (χ2n) is 7.40. The molecule has 1 saturated carbocycles. The minimum absolute atomic E-state index is 0.0145. The molecule has 2 atom stereocenters. The molecular weight excluding hydrogens is 352 g/mol. The Bertz CT molecular complexity index is 800. The van der Waals surface area contributed by atoms with Crippen LogP contribution in [0.2, 0.25) is 0 Å². The van der Waals surface area contributed by atoms with Crippen molar-refractivity contribution in [2.75, 3.05) is 18.5 Å². The van der Waals surface area contributed by atoms with E-state index >= 15 is 0 Å². The van der Waals surface area contributed by atoms with Crippen molar-refractivity contribution >= 4 is 11.7 Å². The molecule has 150 valence electrons. The first-order valence-electron chi connectivity index (χ1n) is 10.1. The number of nitrogens with zero attached hydrogens (tertiary/aromatic N) is 2. The molecular formula is C22H30N4O2. The number of aromatic nitrogens is 2. The summed E-state index contributed by atoms with van der Waals surface area (Å²) in [6, 6.07) is 9.72. The number of rotatable bonds is 8. The van der Waals surface area contributed by atoms with Crippen molar-refractivity contribution in [2.45, 2.75) is 45.1 Å². The number of carbonyl (C=O) groups is 1. The second kappa shape index (κ2) is 9.55. The molecule has 6 nitrogen and oxygen atoms in total. The number of benzene rings is 1. The van der Waals surface area contributed by atoms with Gasteiger partial charge in [0.2, 0.25) is 0 Å². The Morgan fingerprint density at radius 2 is 2.11 bits per heavy atom. The number of anilines is 1. The Morgan fingerprint density at radius 3 is 2.79 bits per heavy atom. The molecule has 1 fully saturated rings. The zero-order valence-electron chi connectivity index (χ0n) is 16.5. The average Bonchev–Trinajstić information content (AvgIpc) is 3.14. The van der Waals surface area contributed by atoms with E-state index in [1.807, 2.05) is 30.3 Å². The number of carbonyl (C=O) groups excluding carboxylic acids is 1. The third kappa shape index (κ3) is 4.62. The quantitative estimate of drug-likeness (QED) is 0.482. The Morgan fingerprint density at radius 1 is 1.32 bits per heavy atom. The summed E-state index contributed by atoms with van der Waals surface area (Å²) in [4.78, 5) is 13.0. The van der Waals surface area contributed by atoms with Gasteiger partial charge in [0.05, 0.1) is 17.9 Å². The van der Waals surface area contributed by atoms with E-state index in [0.29, 0.717) is 30.3 Å². The number of hydrogen-bond donors (Lipinski definition) is 3. The lowest BCUT2D eigenvalue weighted by molar-refractivity contribution is 0.0936. The van der Waals surface area contributed by atoms with Crippen molar-refractivity contribution in [2.24, 2.45) is 5.92 Å². The van der Waals surface area contributed by atoms with Crippen LogP contribution in [0, 0.1) is 5.92 Å². The van der Waals surface area contributed by atoms with Gasteiger partial charge in [-0.3, -0.25) is 4.79 Å². The van der Waals surface area contributed by atoms with Crippen LogP contribution in [0.1, 0.15) is 49.4 Å². The summed E-state index contributed by atoms with van der Waals surface area (Å²) in [7, 11) is 0. The maximum Gasteiger partial charge on any atom is 0.257 e. The van der Waals surface area contributed by atoms with Crippen molar-refractivity contribution in [1.29, 1.82) is 0 Å². The van der Waals surface area contributed by atoms with Crippen LogP contribution in [0.15, 0.2) is 48.7 Å². The monoisotopic (exact) mass is 382 g/mol. The van der Waals surface area contributed by atoms with Gasteiger partial charge in [-0.1, -0.05) is 43.7 Å². The standard InChI is InChI=1S/C22H30N4O2/c1-3-17-10-11-20(16(2)14-17)25-22(28)19-15-24-26(18-8-5-4-6-9-18)21(19)23-12-7-13-27/h4-6,8-9,15,17,20,23,27H,2-3,7,10-14H2,1H3,(H,25,28). The van der Waals surface area contributed by atoms with Crippen LogP contribution >= 0.6 is 0 Å². The molecule has 1 aromatic carbocycles. The van der Waals surface area contributed by atoms with Gasteiger partial charge in [0.15, 0.2) is 0 Å². The summed E-state index contributed by atoms with van der Waals surface area (Å²) in [6.45, 7) is 7.06. The van der Waals surface area contributed by atoms with E-state index < -0.39 is 0 Å². The molecule has 0 spiro atoms. The summed E-state index contributed by atoms with van der Waals surface area (Å²) in [5.74, 6) is 1.18. The van der Waals surface area contributed by atoms with E-state index in [4.69, 9.17) is 5.11 Å². The first kappa shape index (κ1) is 20.1. The average molecular weight is 383 g/mol. The number of amides is 1. The Balaban J connectivity index is 1.79. The molecule has 1 aromatic heterocycles. The third-order valence-corrected chi connectivity index (χ3v) is 5.43. The van der Waals surface area contributed by atoms with Gasteiger partial charge >= 0.3 is 0 Å². The van der Waals surface area contributed by atoms with Crippen molar-refractivity contribution in [3.8, 4) is 5.69 Å². The smallest absolute Gasteiger partial charge is 0.257 e. The topological polar surface area (TPSA) is 79.2 Å². The summed E-state index contributed by atoms with van der Waals surface area (Å²) in [5, 5.41) is 19.9. The summed E-state index contributed by atoms with van der Waals surface area (Å²) < 4.78 is 1.73. The van der Waals surface area contributed by atoms with Crippen LogP contribution in [0.25, 0.3) is 5.69 Å². The van der Waals surface area contributed by atoms with Gasteiger partial charge in [-0.25, -0.2) is 4.68 Å². The zero-order valence-corrected chi connectivity index (χ0v) is 16.5. The first-order chi connectivity index (χ1) is 13.6. The van der Waals surface area contributed by atoms with Crippen LogP contribution in [0.5, 0.6) is 0 Å². The second-order valence-corrected chi connectivity index (χ2v) is 7.40. The molecule has 28 heavy (non-hydrogen) atoms. The van der Waals surface area contributed by atoms with E-state index in [9.17, 15) is 4.79 Å². The van der Waals surface area contributed by atoms with Crippen molar-refractivity contribution in [3.05, 3.63) is 54.2 Å². The van der Waals surface area contributed by atoms with E-state index in [2.05, 4.69) is 29.2 Å². The Kier molecular flexibility index (Phi) is 6.87. The van der Waals surface area contributed by atoms with Crippen LogP contribution in [0.4, 0.5) is 5.82 Å². The number of hydrogen-bond acceptors (Lipinski definition) is 4. The van der Waals surface area contributed by atoms with Crippen molar-refractivity contribution in [1.82, 2.24) is 15.1 Å². The van der Waals surface area contributed by atoms with Gasteiger partial charge in [-0.2, -0.15) is 5.10 Å². The van der Waals surface area contributed by atoms with E-state index in [1.54, 1.807) is 10.9 Å². The molecule has 1 aliphatic carbocycles. The van der Waals surface area contributed by atoms with Gasteiger partial charge < -0.3 is 15.7 Å². The summed E-state index contributed by atoms with van der Waals surface area (Å²) in [6.07, 6.45) is 6.38. The Labute approximate surface area is 166 Å². The molecule has 0 aliphatic heterocycles. The fourth-order valence-corrected chi connectivity index (χ4v) is 3.72.